The summed E-state index contributed by atoms with van der Waals surface area (Å²) in [6.07, 6.45) is 5.88. The van der Waals surface area contributed by atoms with Crippen molar-refractivity contribution in [1.29, 1.82) is 0 Å². The molecule has 0 amide bonds. The molecule has 0 bridgehead atoms. The van der Waals surface area contributed by atoms with Crippen LogP contribution in [0, 0.1) is 0 Å². The first-order valence-electron chi connectivity index (χ1n) is 5.28. The zero-order valence-electron chi connectivity index (χ0n) is 8.92. The van der Waals surface area contributed by atoms with Crippen LogP contribution in [-0.2, 0) is 0 Å². The summed E-state index contributed by atoms with van der Waals surface area (Å²) in [7, 11) is 0. The lowest BCUT2D eigenvalue weighted by atomic mass is 10.2. The van der Waals surface area contributed by atoms with E-state index in [1.807, 2.05) is 6.07 Å². The van der Waals surface area contributed by atoms with Crippen LogP contribution in [0.25, 0.3) is 0 Å². The van der Waals surface area contributed by atoms with Crippen molar-refractivity contribution in [3.63, 3.8) is 0 Å². The topological polar surface area (TPSA) is 0 Å². The Labute approximate surface area is 111 Å². The van der Waals surface area contributed by atoms with E-state index in [1.165, 1.54) is 18.0 Å². The number of rotatable bonds is 5. The zero-order valence-corrected chi connectivity index (χ0v) is 12.8. The van der Waals surface area contributed by atoms with Crippen LogP contribution in [0.4, 0.5) is 0 Å². The van der Waals surface area contributed by atoms with Crippen molar-refractivity contribution in [2.24, 2.45) is 0 Å². The zero-order chi connectivity index (χ0) is 11.1. The lowest BCUT2D eigenvalue weighted by Crippen LogP contribution is -2.33. The van der Waals surface area contributed by atoms with Gasteiger partial charge in [0.05, 0.1) is 0 Å². The summed E-state index contributed by atoms with van der Waals surface area (Å²) in [6, 6.07) is 10.4. The van der Waals surface area contributed by atoms with Crippen LogP contribution in [0.2, 0.25) is 0 Å². The van der Waals surface area contributed by atoms with Gasteiger partial charge in [-0.1, -0.05) is 83.7 Å². The third-order valence-electron chi connectivity index (χ3n) is 2.21. The number of unbranched alkanes of at least 4 members (excludes halogenated alkanes) is 2. The van der Waals surface area contributed by atoms with Crippen molar-refractivity contribution in [3.8, 4) is 0 Å². The molecule has 1 unspecified atom stereocenters. The van der Waals surface area contributed by atoms with Crippen LogP contribution in [-0.4, -0.2) is 4.88 Å². The highest BCUT2D eigenvalue weighted by Gasteiger charge is 2.25. The smallest absolute Gasteiger partial charge is 0.142 e. The Morgan fingerprint density at radius 2 is 2.00 bits per heavy atom. The molecule has 0 radical (unpaired) electrons. The van der Waals surface area contributed by atoms with Gasteiger partial charge in [0.25, 0.3) is 4.88 Å². The molecule has 1 atom stereocenters. The molecule has 1 aromatic carbocycles. The largest absolute Gasteiger partial charge is 0.273 e. The van der Waals surface area contributed by atoms with Gasteiger partial charge in [0.15, 0.2) is 0 Å². The van der Waals surface area contributed by atoms with Crippen molar-refractivity contribution >= 4 is 42.9 Å². The molecule has 0 saturated carbocycles. The van der Waals surface area contributed by atoms with Crippen molar-refractivity contribution in [2.75, 3.05) is 0 Å². The van der Waals surface area contributed by atoms with E-state index in [4.69, 9.17) is 11.1 Å². The summed E-state index contributed by atoms with van der Waals surface area (Å²) >= 11 is 8.99. The predicted molar refractivity (Wildman–Crippen MR) is 80.4 cm³/mol. The molecule has 1 rings (SSSR count). The first kappa shape index (κ1) is 13.3. The number of allylic oxidation sites excluding steroid dienone is 1. The molecule has 0 heterocycles. The van der Waals surface area contributed by atoms with Crippen LogP contribution in [0.3, 0.4) is 0 Å². The maximum absolute atomic E-state index is 6.58. The van der Waals surface area contributed by atoms with Gasteiger partial charge in [-0.25, -0.2) is 0 Å². The lowest BCUT2D eigenvalue weighted by Gasteiger charge is -2.12. The summed E-state index contributed by atoms with van der Waals surface area (Å²) < 4.78 is 0. The molecule has 0 aliphatic rings. The summed E-state index contributed by atoms with van der Waals surface area (Å²) in [5, 5.41) is 1.28. The predicted octanol–water partition coefficient (Wildman–Crippen LogP) is 4.30. The SMILES string of the molecule is CCCC/C=C/[Si](Cl)(I)c1ccccc1. The van der Waals surface area contributed by atoms with E-state index in [2.05, 4.69) is 64.8 Å². The average molecular weight is 351 g/mol. The second-order valence-electron chi connectivity index (χ2n) is 3.53. The van der Waals surface area contributed by atoms with Gasteiger partial charge < -0.3 is 0 Å². The number of halogens is 2. The summed E-state index contributed by atoms with van der Waals surface area (Å²) in [4.78, 5) is -1.87. The van der Waals surface area contributed by atoms with Crippen molar-refractivity contribution in [3.05, 3.63) is 42.1 Å². The fraction of sp³-hybridized carbons (Fsp3) is 0.333. The Kier molecular flexibility index (Phi) is 5.93. The first-order valence-corrected chi connectivity index (χ1v) is 11.5. The molecular formula is C12H16ClISi. The number of hydrogen-bond acceptors (Lipinski definition) is 0. The molecule has 15 heavy (non-hydrogen) atoms. The Bertz CT molecular complexity index is 309. The highest BCUT2D eigenvalue weighted by molar-refractivity contribution is 14.1. The first-order chi connectivity index (χ1) is 7.17. The summed E-state index contributed by atoms with van der Waals surface area (Å²) in [5.41, 5.74) is 2.22. The van der Waals surface area contributed by atoms with Gasteiger partial charge in [0.1, 0.15) is 0 Å². The normalized spacial score (nSPS) is 15.4. The van der Waals surface area contributed by atoms with Crippen LogP contribution in [0.15, 0.2) is 42.1 Å². The van der Waals surface area contributed by atoms with Crippen molar-refractivity contribution in [2.45, 2.75) is 26.2 Å². The van der Waals surface area contributed by atoms with Gasteiger partial charge in [0.2, 0.25) is 0 Å². The van der Waals surface area contributed by atoms with Gasteiger partial charge in [-0.15, -0.1) is 11.1 Å². The summed E-state index contributed by atoms with van der Waals surface area (Å²) in [6.45, 7) is 2.21. The van der Waals surface area contributed by atoms with Crippen LogP contribution < -0.4 is 5.19 Å². The van der Waals surface area contributed by atoms with E-state index in [9.17, 15) is 0 Å². The van der Waals surface area contributed by atoms with E-state index in [-0.39, 0.29) is 0 Å². The Morgan fingerprint density at radius 3 is 2.60 bits per heavy atom. The maximum Gasteiger partial charge on any atom is 0.273 e. The van der Waals surface area contributed by atoms with E-state index < -0.39 is 4.88 Å². The minimum atomic E-state index is -1.87. The van der Waals surface area contributed by atoms with Gasteiger partial charge >= 0.3 is 0 Å². The van der Waals surface area contributed by atoms with E-state index in [0.29, 0.717) is 0 Å². The molecule has 82 valence electrons. The Morgan fingerprint density at radius 1 is 1.33 bits per heavy atom. The van der Waals surface area contributed by atoms with E-state index in [0.717, 1.165) is 6.42 Å². The quantitative estimate of drug-likeness (QED) is 0.321. The fourth-order valence-corrected chi connectivity index (χ4v) is 5.09. The van der Waals surface area contributed by atoms with Crippen molar-refractivity contribution < 1.29 is 0 Å². The highest BCUT2D eigenvalue weighted by Crippen LogP contribution is 2.20. The number of hydrogen-bond donors (Lipinski definition) is 0. The Hall–Kier alpha value is 0.197. The van der Waals surface area contributed by atoms with Gasteiger partial charge in [0, 0.05) is 0 Å². The van der Waals surface area contributed by atoms with E-state index in [1.54, 1.807) is 0 Å². The second-order valence-corrected chi connectivity index (χ2v) is 14.5. The van der Waals surface area contributed by atoms with Crippen LogP contribution >= 0.6 is 32.9 Å². The monoisotopic (exact) mass is 350 g/mol. The van der Waals surface area contributed by atoms with Gasteiger partial charge in [-0.3, -0.25) is 0 Å². The minimum Gasteiger partial charge on any atom is -0.142 e. The molecule has 0 aliphatic carbocycles. The lowest BCUT2D eigenvalue weighted by molar-refractivity contribution is 0.815. The summed E-state index contributed by atoms with van der Waals surface area (Å²) in [5.74, 6) is 0. The highest BCUT2D eigenvalue weighted by atomic mass is 127. The minimum absolute atomic E-state index is 1.15. The average Bonchev–Trinajstić information content (AvgIpc) is 2.26. The Balaban J connectivity index is 2.63. The molecule has 0 fully saturated rings. The van der Waals surface area contributed by atoms with Gasteiger partial charge in [-0.05, 0) is 11.6 Å². The molecular weight excluding hydrogens is 335 g/mol. The van der Waals surface area contributed by atoms with Gasteiger partial charge in [-0.2, -0.15) is 0 Å². The maximum atomic E-state index is 6.58. The third-order valence-corrected chi connectivity index (χ3v) is 7.95. The van der Waals surface area contributed by atoms with Crippen LogP contribution in [0.5, 0.6) is 0 Å². The fourth-order valence-electron chi connectivity index (χ4n) is 1.31. The molecule has 3 heteroatoms. The standard InChI is InChI=1S/C12H16ClISi/c1-2-3-4-8-11-15(13,14)12-9-6-5-7-10-12/h5-11H,2-4H2,1H3/b11-8+. The molecule has 0 aliphatic heterocycles. The molecule has 0 saturated heterocycles. The molecule has 0 N–H and O–H groups in total. The van der Waals surface area contributed by atoms with Crippen LogP contribution in [0.1, 0.15) is 26.2 Å². The number of benzene rings is 1. The molecule has 0 spiro atoms. The van der Waals surface area contributed by atoms with Crippen molar-refractivity contribution in [1.82, 2.24) is 0 Å². The second kappa shape index (κ2) is 6.71. The van der Waals surface area contributed by atoms with E-state index >= 15 is 0 Å². The molecule has 0 aromatic heterocycles. The molecule has 1 aromatic rings. The molecule has 0 nitrogen and oxygen atoms in total. The third kappa shape index (κ3) is 4.70.